The number of aromatic nitrogens is 2. The molecular weight excluding hydrogens is 469 g/mol. The summed E-state index contributed by atoms with van der Waals surface area (Å²) < 4.78 is 19.2. The number of hydrogen-bond donors (Lipinski definition) is 2. The SMILES string of the molecule is CN(C)C/C=C/C(=O)Nc1cc2c(Nc3ccc(F)c(Cl)c3)ncnc2cc1C#C[C@H]1CCCO1. The third-order valence-electron chi connectivity index (χ3n) is 5.25. The Hall–Kier alpha value is -3.51. The van der Waals surface area contributed by atoms with Gasteiger partial charge in [-0.2, -0.15) is 0 Å². The van der Waals surface area contributed by atoms with E-state index in [1.54, 1.807) is 24.3 Å². The van der Waals surface area contributed by atoms with Gasteiger partial charge in [0.25, 0.3) is 0 Å². The van der Waals surface area contributed by atoms with Gasteiger partial charge in [0.15, 0.2) is 0 Å². The van der Waals surface area contributed by atoms with E-state index >= 15 is 0 Å². The summed E-state index contributed by atoms with van der Waals surface area (Å²) in [7, 11) is 3.85. The van der Waals surface area contributed by atoms with Crippen molar-refractivity contribution in [3.8, 4) is 11.8 Å². The third kappa shape index (κ3) is 6.55. The highest BCUT2D eigenvalue weighted by Crippen LogP contribution is 2.30. The number of carbonyl (C=O) groups is 1. The van der Waals surface area contributed by atoms with Crippen molar-refractivity contribution in [2.75, 3.05) is 37.9 Å². The van der Waals surface area contributed by atoms with Crippen molar-refractivity contribution in [2.24, 2.45) is 0 Å². The molecule has 4 rings (SSSR count). The lowest BCUT2D eigenvalue weighted by Gasteiger charge is -2.12. The highest BCUT2D eigenvalue weighted by atomic mass is 35.5. The molecule has 0 radical (unpaired) electrons. The van der Waals surface area contributed by atoms with Gasteiger partial charge in [-0.3, -0.25) is 4.79 Å². The molecule has 1 aromatic heterocycles. The predicted molar refractivity (Wildman–Crippen MR) is 136 cm³/mol. The Labute approximate surface area is 208 Å². The number of amides is 1. The number of rotatable bonds is 6. The summed E-state index contributed by atoms with van der Waals surface area (Å²) in [4.78, 5) is 23.3. The first-order chi connectivity index (χ1) is 16.9. The Morgan fingerprint density at radius 2 is 2.17 bits per heavy atom. The summed E-state index contributed by atoms with van der Waals surface area (Å²) in [6.45, 7) is 1.34. The first-order valence-corrected chi connectivity index (χ1v) is 11.5. The lowest BCUT2D eigenvalue weighted by atomic mass is 10.1. The highest BCUT2D eigenvalue weighted by Gasteiger charge is 2.14. The summed E-state index contributed by atoms with van der Waals surface area (Å²) in [5.74, 6) is 5.99. The molecule has 1 aliphatic rings. The number of likely N-dealkylation sites (N-methyl/N-ethyl adjacent to an activating group) is 1. The van der Waals surface area contributed by atoms with Crippen LogP contribution in [0, 0.1) is 17.7 Å². The van der Waals surface area contributed by atoms with E-state index in [4.69, 9.17) is 16.3 Å². The fourth-order valence-corrected chi connectivity index (χ4v) is 3.70. The Balaban J connectivity index is 1.71. The van der Waals surface area contributed by atoms with Crippen LogP contribution in [0.3, 0.4) is 0 Å². The molecule has 2 heterocycles. The molecule has 1 fully saturated rings. The van der Waals surface area contributed by atoms with E-state index in [1.165, 1.54) is 24.5 Å². The molecule has 35 heavy (non-hydrogen) atoms. The second kappa shape index (κ2) is 11.3. The molecule has 0 saturated carbocycles. The van der Waals surface area contributed by atoms with Gasteiger partial charge in [0.05, 0.1) is 21.8 Å². The number of hydrogen-bond acceptors (Lipinski definition) is 6. The summed E-state index contributed by atoms with van der Waals surface area (Å²) >= 11 is 5.92. The van der Waals surface area contributed by atoms with E-state index in [1.807, 2.05) is 19.0 Å². The van der Waals surface area contributed by atoms with Crippen LogP contribution in [0.1, 0.15) is 18.4 Å². The second-order valence-corrected chi connectivity index (χ2v) is 8.72. The van der Waals surface area contributed by atoms with Crippen LogP contribution < -0.4 is 10.6 Å². The molecule has 2 N–H and O–H groups in total. The van der Waals surface area contributed by atoms with Gasteiger partial charge in [-0.1, -0.05) is 29.5 Å². The van der Waals surface area contributed by atoms with Crippen LogP contribution in [0.4, 0.5) is 21.6 Å². The van der Waals surface area contributed by atoms with Crippen LogP contribution in [0.5, 0.6) is 0 Å². The first kappa shape index (κ1) is 24.6. The average Bonchev–Trinajstić information content (AvgIpc) is 3.34. The maximum absolute atomic E-state index is 13.6. The highest BCUT2D eigenvalue weighted by molar-refractivity contribution is 6.31. The van der Waals surface area contributed by atoms with E-state index < -0.39 is 5.82 Å². The largest absolute Gasteiger partial charge is 0.366 e. The van der Waals surface area contributed by atoms with Gasteiger partial charge in [0, 0.05) is 30.3 Å². The number of halogens is 2. The minimum Gasteiger partial charge on any atom is -0.366 e. The molecule has 180 valence electrons. The van der Waals surface area contributed by atoms with Crippen LogP contribution in [-0.4, -0.2) is 54.1 Å². The van der Waals surface area contributed by atoms with Crippen molar-refractivity contribution in [1.82, 2.24) is 14.9 Å². The molecule has 1 atom stereocenters. The first-order valence-electron chi connectivity index (χ1n) is 11.2. The number of fused-ring (bicyclic) bond motifs is 1. The number of ether oxygens (including phenoxy) is 1. The molecule has 2 aromatic carbocycles. The van der Waals surface area contributed by atoms with Crippen molar-refractivity contribution in [3.05, 3.63) is 65.2 Å². The standard InChI is InChI=1S/C26H25ClFN5O2/c1-33(2)11-3-6-25(34)32-23-15-20-24(13-17(23)7-9-19-5-4-12-35-19)29-16-30-26(20)31-18-8-10-22(28)21(27)14-18/h3,6,8,10,13-16,19H,4-5,11-12H2,1-2H3,(H,32,34)(H,29,30,31)/b6-3+/t19-/m1/s1. The molecular formula is C26H25ClFN5O2. The lowest BCUT2D eigenvalue weighted by Crippen LogP contribution is -2.13. The van der Waals surface area contributed by atoms with Crippen molar-refractivity contribution in [2.45, 2.75) is 18.9 Å². The van der Waals surface area contributed by atoms with E-state index in [0.717, 1.165) is 12.8 Å². The maximum Gasteiger partial charge on any atom is 0.248 e. The van der Waals surface area contributed by atoms with Gasteiger partial charge < -0.3 is 20.3 Å². The van der Waals surface area contributed by atoms with Crippen molar-refractivity contribution in [1.29, 1.82) is 0 Å². The molecule has 1 amide bonds. The smallest absolute Gasteiger partial charge is 0.248 e. The fourth-order valence-electron chi connectivity index (χ4n) is 3.51. The van der Waals surface area contributed by atoms with Gasteiger partial charge in [-0.25, -0.2) is 14.4 Å². The topological polar surface area (TPSA) is 79.4 Å². The van der Waals surface area contributed by atoms with Gasteiger partial charge >= 0.3 is 0 Å². The molecule has 7 nitrogen and oxygen atoms in total. The van der Waals surface area contributed by atoms with Gasteiger partial charge in [0.2, 0.25) is 5.91 Å². The number of nitrogens with zero attached hydrogens (tertiary/aromatic N) is 3. The molecule has 3 aromatic rings. The van der Waals surface area contributed by atoms with E-state index in [9.17, 15) is 9.18 Å². The van der Waals surface area contributed by atoms with Crippen LogP contribution in [-0.2, 0) is 9.53 Å². The average molecular weight is 494 g/mol. The normalized spacial score (nSPS) is 15.4. The third-order valence-corrected chi connectivity index (χ3v) is 5.54. The number of anilines is 3. The predicted octanol–water partition coefficient (Wildman–Crippen LogP) is 4.75. The Kier molecular flexibility index (Phi) is 7.93. The molecule has 0 bridgehead atoms. The molecule has 0 spiro atoms. The number of carbonyl (C=O) groups excluding carboxylic acids is 1. The Bertz CT molecular complexity index is 1330. The van der Waals surface area contributed by atoms with Crippen LogP contribution in [0.2, 0.25) is 5.02 Å². The quantitative estimate of drug-likeness (QED) is 0.381. The summed E-state index contributed by atoms with van der Waals surface area (Å²) in [6.07, 6.45) is 6.43. The molecule has 0 unspecified atom stereocenters. The summed E-state index contributed by atoms with van der Waals surface area (Å²) in [5.41, 5.74) is 2.35. The van der Waals surface area contributed by atoms with Crippen LogP contribution in [0.15, 0.2) is 48.8 Å². The zero-order valence-corrected chi connectivity index (χ0v) is 20.2. The fraction of sp³-hybridized carbons (Fsp3) is 0.269. The summed E-state index contributed by atoms with van der Waals surface area (Å²) in [5, 5.41) is 6.72. The number of benzene rings is 2. The van der Waals surface area contributed by atoms with E-state index in [0.29, 0.717) is 46.8 Å². The molecule has 1 aliphatic heterocycles. The van der Waals surface area contributed by atoms with Crippen LogP contribution >= 0.6 is 11.6 Å². The van der Waals surface area contributed by atoms with E-state index in [2.05, 4.69) is 32.4 Å². The van der Waals surface area contributed by atoms with Crippen LogP contribution in [0.25, 0.3) is 10.9 Å². The van der Waals surface area contributed by atoms with Crippen molar-refractivity contribution in [3.63, 3.8) is 0 Å². The minimum atomic E-state index is -0.508. The summed E-state index contributed by atoms with van der Waals surface area (Å²) in [6, 6.07) is 7.90. The van der Waals surface area contributed by atoms with Crippen molar-refractivity contribution < 1.29 is 13.9 Å². The van der Waals surface area contributed by atoms with Crippen molar-refractivity contribution >= 4 is 45.6 Å². The zero-order chi connectivity index (χ0) is 24.8. The second-order valence-electron chi connectivity index (χ2n) is 8.32. The molecule has 1 saturated heterocycles. The minimum absolute atomic E-state index is 0.00230. The molecule has 9 heteroatoms. The van der Waals surface area contributed by atoms with Gasteiger partial charge in [0.1, 0.15) is 24.1 Å². The zero-order valence-electron chi connectivity index (χ0n) is 19.4. The Morgan fingerprint density at radius 3 is 2.91 bits per heavy atom. The van der Waals surface area contributed by atoms with Gasteiger partial charge in [-0.15, -0.1) is 0 Å². The van der Waals surface area contributed by atoms with Gasteiger partial charge in [-0.05, 0) is 57.3 Å². The molecule has 0 aliphatic carbocycles. The van der Waals surface area contributed by atoms with E-state index in [-0.39, 0.29) is 17.0 Å². The lowest BCUT2D eigenvalue weighted by molar-refractivity contribution is -0.111. The Morgan fingerprint density at radius 1 is 1.31 bits per heavy atom. The maximum atomic E-state index is 13.6. The number of nitrogens with one attached hydrogen (secondary N) is 2. The monoisotopic (exact) mass is 493 g/mol.